The molecule has 0 amide bonds. The fourth-order valence-corrected chi connectivity index (χ4v) is 2.35. The summed E-state index contributed by atoms with van der Waals surface area (Å²) < 4.78 is 5.14. The number of ether oxygens (including phenoxy) is 1. The van der Waals surface area contributed by atoms with Crippen LogP contribution in [0.15, 0.2) is 23.3 Å². The normalized spacial score (nSPS) is 10.9. The Kier molecular flexibility index (Phi) is 7.86. The molecular formula is C12H16N4OS2. The summed E-state index contributed by atoms with van der Waals surface area (Å²) in [6.07, 6.45) is 5.50. The minimum atomic E-state index is 0.655. The van der Waals surface area contributed by atoms with Crippen LogP contribution in [0.2, 0.25) is 0 Å². The monoisotopic (exact) mass is 296 g/mol. The molecule has 0 aliphatic heterocycles. The summed E-state index contributed by atoms with van der Waals surface area (Å²) in [6.45, 7) is 0.680. The predicted octanol–water partition coefficient (Wildman–Crippen LogP) is 2.11. The minimum absolute atomic E-state index is 0.655. The maximum absolute atomic E-state index is 8.49. The van der Waals surface area contributed by atoms with Gasteiger partial charge in [-0.2, -0.15) is 17.0 Å². The van der Waals surface area contributed by atoms with Gasteiger partial charge in [0.25, 0.3) is 0 Å². The van der Waals surface area contributed by atoms with Gasteiger partial charge >= 0.3 is 0 Å². The summed E-state index contributed by atoms with van der Waals surface area (Å²) in [5.41, 5.74) is 0.994. The molecule has 0 saturated carbocycles. The van der Waals surface area contributed by atoms with E-state index in [0.717, 1.165) is 22.9 Å². The van der Waals surface area contributed by atoms with Gasteiger partial charge in [-0.15, -0.1) is 0 Å². The third-order valence-corrected chi connectivity index (χ3v) is 3.71. The Morgan fingerprint density at radius 3 is 3.16 bits per heavy atom. The first-order valence-corrected chi connectivity index (χ1v) is 7.98. The van der Waals surface area contributed by atoms with Gasteiger partial charge < -0.3 is 4.74 Å². The van der Waals surface area contributed by atoms with Gasteiger partial charge in [0, 0.05) is 23.8 Å². The Morgan fingerprint density at radius 2 is 2.47 bits per heavy atom. The molecule has 1 aromatic heterocycles. The van der Waals surface area contributed by atoms with Gasteiger partial charge in [-0.25, -0.2) is 0 Å². The van der Waals surface area contributed by atoms with Gasteiger partial charge in [0.1, 0.15) is 5.75 Å². The first-order valence-electron chi connectivity index (χ1n) is 5.60. The molecule has 0 fully saturated rings. The third-order valence-electron chi connectivity index (χ3n) is 2.12. The highest BCUT2D eigenvalue weighted by Gasteiger charge is 1.98. The van der Waals surface area contributed by atoms with Crippen LogP contribution in [-0.2, 0) is 5.75 Å². The number of rotatable bonds is 6. The molecule has 5 nitrogen and oxygen atoms in total. The molecule has 1 aromatic rings. The van der Waals surface area contributed by atoms with Gasteiger partial charge in [0.15, 0.2) is 11.4 Å². The maximum Gasteiger partial charge on any atom is 0.183 e. The van der Waals surface area contributed by atoms with Crippen LogP contribution in [0.1, 0.15) is 5.69 Å². The number of aliphatic imine (C=N–C) groups is 1. The number of thioether (sulfide) groups is 2. The highest BCUT2D eigenvalue weighted by Crippen LogP contribution is 2.15. The molecule has 7 heteroatoms. The third kappa shape index (κ3) is 6.36. The zero-order valence-corrected chi connectivity index (χ0v) is 12.6. The first-order chi connectivity index (χ1) is 9.30. The van der Waals surface area contributed by atoms with Crippen molar-refractivity contribution in [1.82, 2.24) is 10.3 Å². The van der Waals surface area contributed by atoms with Crippen LogP contribution >= 0.6 is 23.5 Å². The number of nitrogens with one attached hydrogen (secondary N) is 1. The lowest BCUT2D eigenvalue weighted by molar-refractivity contribution is 0.413. The Hall–Kier alpha value is -1.39. The number of nitrogens with zero attached hydrogens (tertiary/aromatic N) is 3. The summed E-state index contributed by atoms with van der Waals surface area (Å²) in [7, 11) is 1.65. The summed E-state index contributed by atoms with van der Waals surface area (Å²) in [5.74, 6) is 2.54. The second kappa shape index (κ2) is 9.53. The van der Waals surface area contributed by atoms with Crippen LogP contribution < -0.4 is 10.1 Å². The van der Waals surface area contributed by atoms with Gasteiger partial charge in [-0.1, -0.05) is 11.8 Å². The molecule has 1 rings (SSSR count). The lowest BCUT2D eigenvalue weighted by atomic mass is 10.3. The molecule has 0 aliphatic rings. The van der Waals surface area contributed by atoms with Crippen molar-refractivity contribution < 1.29 is 4.74 Å². The van der Waals surface area contributed by atoms with Crippen molar-refractivity contribution in [2.75, 3.05) is 25.7 Å². The van der Waals surface area contributed by atoms with Crippen molar-refractivity contribution in [3.8, 4) is 11.9 Å². The number of amidine groups is 1. The van der Waals surface area contributed by atoms with E-state index in [-0.39, 0.29) is 0 Å². The van der Waals surface area contributed by atoms with Crippen LogP contribution in [0.4, 0.5) is 0 Å². The van der Waals surface area contributed by atoms with E-state index >= 15 is 0 Å². The van der Waals surface area contributed by atoms with E-state index in [9.17, 15) is 0 Å². The summed E-state index contributed by atoms with van der Waals surface area (Å²) in [6, 6.07) is 3.76. The van der Waals surface area contributed by atoms with E-state index in [1.54, 1.807) is 25.1 Å². The Labute approximate surface area is 121 Å². The zero-order valence-electron chi connectivity index (χ0n) is 10.9. The van der Waals surface area contributed by atoms with Crippen molar-refractivity contribution in [1.29, 1.82) is 5.26 Å². The summed E-state index contributed by atoms with van der Waals surface area (Å²) >= 11 is 3.18. The van der Waals surface area contributed by atoms with Gasteiger partial charge in [0.05, 0.1) is 19.3 Å². The molecule has 0 aliphatic carbocycles. The number of aromatic nitrogens is 1. The molecule has 19 heavy (non-hydrogen) atoms. The van der Waals surface area contributed by atoms with E-state index in [2.05, 4.69) is 15.3 Å². The summed E-state index contributed by atoms with van der Waals surface area (Å²) in [4.78, 5) is 8.55. The molecule has 0 radical (unpaired) electrons. The topological polar surface area (TPSA) is 70.3 Å². The molecule has 1 heterocycles. The fraction of sp³-hybridized carbons (Fsp3) is 0.417. The Bertz CT molecular complexity index is 459. The van der Waals surface area contributed by atoms with E-state index < -0.39 is 0 Å². The van der Waals surface area contributed by atoms with E-state index in [0.29, 0.717) is 11.7 Å². The number of nitriles is 1. The van der Waals surface area contributed by atoms with Gasteiger partial charge in [-0.05, 0) is 12.3 Å². The minimum Gasteiger partial charge on any atom is -0.497 e. The van der Waals surface area contributed by atoms with Crippen LogP contribution in [0.25, 0.3) is 0 Å². The van der Waals surface area contributed by atoms with Gasteiger partial charge in [0.2, 0.25) is 0 Å². The van der Waals surface area contributed by atoms with E-state index in [1.165, 1.54) is 11.8 Å². The van der Waals surface area contributed by atoms with Crippen molar-refractivity contribution in [2.45, 2.75) is 5.75 Å². The smallest absolute Gasteiger partial charge is 0.183 e. The van der Waals surface area contributed by atoms with Crippen LogP contribution in [0.5, 0.6) is 5.75 Å². The number of pyridine rings is 1. The number of methoxy groups -OCH3 is 1. The second-order valence-electron chi connectivity index (χ2n) is 3.37. The first kappa shape index (κ1) is 15.7. The van der Waals surface area contributed by atoms with Crippen LogP contribution in [-0.4, -0.2) is 35.8 Å². The largest absolute Gasteiger partial charge is 0.497 e. The molecule has 0 bridgehead atoms. The van der Waals surface area contributed by atoms with Crippen molar-refractivity contribution in [3.63, 3.8) is 0 Å². The van der Waals surface area contributed by atoms with Crippen molar-refractivity contribution >= 4 is 28.7 Å². The van der Waals surface area contributed by atoms with Gasteiger partial charge in [-0.3, -0.25) is 15.3 Å². The molecule has 0 saturated heterocycles. The molecular weight excluding hydrogens is 280 g/mol. The maximum atomic E-state index is 8.49. The molecule has 0 aromatic carbocycles. The molecule has 0 atom stereocenters. The highest BCUT2D eigenvalue weighted by molar-refractivity contribution is 8.13. The van der Waals surface area contributed by atoms with Crippen LogP contribution in [0, 0.1) is 11.5 Å². The SMILES string of the molecule is COc1ccnc(CSCCN=C(NC#N)SC)c1. The van der Waals surface area contributed by atoms with E-state index in [1.807, 2.05) is 24.6 Å². The van der Waals surface area contributed by atoms with Crippen molar-refractivity contribution in [3.05, 3.63) is 24.0 Å². The molecule has 0 spiro atoms. The molecule has 0 unspecified atom stereocenters. The summed E-state index contributed by atoms with van der Waals surface area (Å²) in [5, 5.41) is 11.7. The highest BCUT2D eigenvalue weighted by atomic mass is 32.2. The zero-order chi connectivity index (χ0) is 13.9. The van der Waals surface area contributed by atoms with Crippen molar-refractivity contribution in [2.24, 2.45) is 4.99 Å². The quantitative estimate of drug-likeness (QED) is 0.285. The fourth-order valence-electron chi connectivity index (χ4n) is 1.25. The average Bonchev–Trinajstić information content (AvgIpc) is 2.46. The number of hydrogen-bond acceptors (Lipinski definition) is 6. The van der Waals surface area contributed by atoms with Crippen LogP contribution in [0.3, 0.4) is 0 Å². The lowest BCUT2D eigenvalue weighted by Gasteiger charge is -2.03. The average molecular weight is 296 g/mol. The standard InChI is InChI=1S/C12H16N4OS2/c1-17-11-3-4-14-10(7-11)8-19-6-5-15-12(18-2)16-9-13/h3-4,7H,5-6,8H2,1-2H3,(H,15,16). The Morgan fingerprint density at radius 1 is 1.63 bits per heavy atom. The van der Waals surface area contributed by atoms with E-state index in [4.69, 9.17) is 10.00 Å². The molecule has 1 N–H and O–H groups in total. The lowest BCUT2D eigenvalue weighted by Crippen LogP contribution is -2.13. The number of hydrogen-bond donors (Lipinski definition) is 1. The Balaban J connectivity index is 2.29. The second-order valence-corrected chi connectivity index (χ2v) is 5.27. The molecule has 102 valence electrons. The predicted molar refractivity (Wildman–Crippen MR) is 81.5 cm³/mol.